The highest BCUT2D eigenvalue weighted by Crippen LogP contribution is 2.28. The third-order valence-corrected chi connectivity index (χ3v) is 4.52. The van der Waals surface area contributed by atoms with Gasteiger partial charge in [0.05, 0.1) is 14.2 Å². The molecule has 5 nitrogen and oxygen atoms in total. The number of benzene rings is 2. The number of carbonyl (C=O) groups is 1. The van der Waals surface area contributed by atoms with Crippen molar-refractivity contribution in [3.05, 3.63) is 53.6 Å². The van der Waals surface area contributed by atoms with Crippen LogP contribution in [0.1, 0.15) is 22.3 Å². The molecule has 0 spiro atoms. The highest BCUT2D eigenvalue weighted by molar-refractivity contribution is 5.94. The van der Waals surface area contributed by atoms with E-state index in [1.54, 1.807) is 32.4 Å². The molecule has 1 amide bonds. The van der Waals surface area contributed by atoms with Crippen LogP contribution in [0.5, 0.6) is 11.5 Å². The number of nitrogens with one attached hydrogen (secondary N) is 1. The van der Waals surface area contributed by atoms with Gasteiger partial charge in [0, 0.05) is 30.9 Å². The summed E-state index contributed by atoms with van der Waals surface area (Å²) in [5.74, 6) is 1.08. The summed E-state index contributed by atoms with van der Waals surface area (Å²) < 4.78 is 10.4. The van der Waals surface area contributed by atoms with Crippen LogP contribution in [0.2, 0.25) is 0 Å². The number of hydrogen-bond donors (Lipinski definition) is 1. The summed E-state index contributed by atoms with van der Waals surface area (Å²) >= 11 is 0. The summed E-state index contributed by atoms with van der Waals surface area (Å²) in [4.78, 5) is 14.7. The topological polar surface area (TPSA) is 50.8 Å². The van der Waals surface area contributed by atoms with Crippen molar-refractivity contribution in [1.82, 2.24) is 5.32 Å². The van der Waals surface area contributed by atoms with Gasteiger partial charge < -0.3 is 19.7 Å². The maximum atomic E-state index is 12.3. The molecule has 0 saturated carbocycles. The zero-order valence-corrected chi connectivity index (χ0v) is 14.7. The first-order valence-electron chi connectivity index (χ1n) is 8.56. The van der Waals surface area contributed by atoms with Gasteiger partial charge in [0.25, 0.3) is 5.91 Å². The Morgan fingerprint density at radius 2 is 1.92 bits per heavy atom. The van der Waals surface area contributed by atoms with E-state index in [2.05, 4.69) is 34.5 Å². The van der Waals surface area contributed by atoms with Gasteiger partial charge in [-0.1, -0.05) is 18.2 Å². The average Bonchev–Trinajstić information content (AvgIpc) is 3.07. The second-order valence-corrected chi connectivity index (χ2v) is 6.04. The monoisotopic (exact) mass is 340 g/mol. The van der Waals surface area contributed by atoms with Gasteiger partial charge in [-0.2, -0.15) is 0 Å². The highest BCUT2D eigenvalue weighted by Gasteiger charge is 2.17. The molecule has 0 unspecified atom stereocenters. The molecule has 1 aliphatic rings. The largest absolute Gasteiger partial charge is 0.493 e. The molecule has 5 heteroatoms. The number of fused-ring (bicyclic) bond motifs is 1. The molecular weight excluding hydrogens is 316 g/mol. The number of amides is 1. The van der Waals surface area contributed by atoms with Crippen LogP contribution in [0.15, 0.2) is 42.5 Å². The number of ether oxygens (including phenoxy) is 2. The van der Waals surface area contributed by atoms with Crippen LogP contribution in [0.3, 0.4) is 0 Å². The molecule has 132 valence electrons. The Labute approximate surface area is 148 Å². The summed E-state index contributed by atoms with van der Waals surface area (Å²) in [6.07, 6.45) is 2.02. The van der Waals surface area contributed by atoms with Gasteiger partial charge in [0.1, 0.15) is 0 Å². The molecule has 2 aromatic carbocycles. The first-order valence-corrected chi connectivity index (χ1v) is 8.56. The van der Waals surface area contributed by atoms with E-state index in [0.717, 1.165) is 25.9 Å². The molecule has 0 aromatic heterocycles. The molecule has 1 heterocycles. The molecular formula is C20H24N2O3. The van der Waals surface area contributed by atoms with E-state index >= 15 is 0 Å². The van der Waals surface area contributed by atoms with Crippen LogP contribution < -0.4 is 19.7 Å². The van der Waals surface area contributed by atoms with Crippen LogP contribution in [-0.4, -0.2) is 39.8 Å². The van der Waals surface area contributed by atoms with Gasteiger partial charge in [-0.05, 0) is 42.7 Å². The van der Waals surface area contributed by atoms with Crippen LogP contribution in [0.25, 0.3) is 0 Å². The standard InChI is InChI=1S/C20H24N2O3/c1-24-18-9-8-16(14-19(18)25-2)20(23)21-11-5-12-22-13-10-15-6-3-4-7-17(15)22/h3-4,6-9,14H,5,10-13H2,1-2H3,(H,21,23). The molecule has 0 fully saturated rings. The number of hydrogen-bond acceptors (Lipinski definition) is 4. The first kappa shape index (κ1) is 17.1. The van der Waals surface area contributed by atoms with Gasteiger partial charge in [-0.15, -0.1) is 0 Å². The maximum absolute atomic E-state index is 12.3. The van der Waals surface area contributed by atoms with Gasteiger partial charge in [0.2, 0.25) is 0 Å². The second-order valence-electron chi connectivity index (χ2n) is 6.04. The Bertz CT molecular complexity index is 745. The molecule has 0 saturated heterocycles. The van der Waals surface area contributed by atoms with E-state index < -0.39 is 0 Å². The fraction of sp³-hybridized carbons (Fsp3) is 0.350. The zero-order chi connectivity index (χ0) is 17.6. The van der Waals surface area contributed by atoms with E-state index in [0.29, 0.717) is 23.6 Å². The zero-order valence-electron chi connectivity index (χ0n) is 14.7. The predicted octanol–water partition coefficient (Wildman–Crippen LogP) is 2.89. The normalized spacial score (nSPS) is 12.6. The maximum Gasteiger partial charge on any atom is 0.251 e. The molecule has 3 rings (SSSR count). The summed E-state index contributed by atoms with van der Waals surface area (Å²) in [7, 11) is 3.14. The lowest BCUT2D eigenvalue weighted by Gasteiger charge is -2.19. The van der Waals surface area contributed by atoms with E-state index in [4.69, 9.17) is 9.47 Å². The minimum Gasteiger partial charge on any atom is -0.493 e. The lowest BCUT2D eigenvalue weighted by atomic mass is 10.2. The Morgan fingerprint density at radius 3 is 2.72 bits per heavy atom. The van der Waals surface area contributed by atoms with Crippen LogP contribution >= 0.6 is 0 Å². The number of anilines is 1. The van der Waals surface area contributed by atoms with Crippen molar-refractivity contribution >= 4 is 11.6 Å². The third-order valence-electron chi connectivity index (χ3n) is 4.52. The van der Waals surface area contributed by atoms with E-state index in [1.165, 1.54) is 11.3 Å². The smallest absolute Gasteiger partial charge is 0.251 e. The summed E-state index contributed by atoms with van der Waals surface area (Å²) in [6, 6.07) is 13.7. The fourth-order valence-electron chi connectivity index (χ4n) is 3.19. The molecule has 0 atom stereocenters. The van der Waals surface area contributed by atoms with Gasteiger partial charge in [-0.3, -0.25) is 4.79 Å². The molecule has 1 N–H and O–H groups in total. The van der Waals surface area contributed by atoms with E-state index in [-0.39, 0.29) is 5.91 Å². The van der Waals surface area contributed by atoms with Crippen molar-refractivity contribution < 1.29 is 14.3 Å². The Hall–Kier alpha value is -2.69. The van der Waals surface area contributed by atoms with Crippen LogP contribution in [0, 0.1) is 0 Å². The number of nitrogens with zero attached hydrogens (tertiary/aromatic N) is 1. The SMILES string of the molecule is COc1ccc(C(=O)NCCCN2CCc3ccccc32)cc1OC. The molecule has 0 radical (unpaired) electrons. The summed E-state index contributed by atoms with van der Waals surface area (Å²) in [6.45, 7) is 2.65. The van der Waals surface area contributed by atoms with Crippen LogP contribution in [0.4, 0.5) is 5.69 Å². The molecule has 25 heavy (non-hydrogen) atoms. The Kier molecular flexibility index (Phi) is 5.43. The first-order chi connectivity index (χ1) is 12.2. The molecule has 2 aromatic rings. The van der Waals surface area contributed by atoms with Crippen molar-refractivity contribution in [3.8, 4) is 11.5 Å². The van der Waals surface area contributed by atoms with E-state index in [9.17, 15) is 4.79 Å². The van der Waals surface area contributed by atoms with Crippen molar-refractivity contribution in [1.29, 1.82) is 0 Å². The van der Waals surface area contributed by atoms with Crippen LogP contribution in [-0.2, 0) is 6.42 Å². The Balaban J connectivity index is 1.49. The quantitative estimate of drug-likeness (QED) is 0.788. The average molecular weight is 340 g/mol. The number of methoxy groups -OCH3 is 2. The van der Waals surface area contributed by atoms with Gasteiger partial charge in [0.15, 0.2) is 11.5 Å². The van der Waals surface area contributed by atoms with Crippen molar-refractivity contribution in [3.63, 3.8) is 0 Å². The lowest BCUT2D eigenvalue weighted by molar-refractivity contribution is 0.0953. The van der Waals surface area contributed by atoms with Crippen molar-refractivity contribution in [2.75, 3.05) is 38.8 Å². The lowest BCUT2D eigenvalue weighted by Crippen LogP contribution is -2.29. The number of para-hydroxylation sites is 1. The number of rotatable bonds is 7. The van der Waals surface area contributed by atoms with E-state index in [1.807, 2.05) is 0 Å². The summed E-state index contributed by atoms with van der Waals surface area (Å²) in [5.41, 5.74) is 3.31. The van der Waals surface area contributed by atoms with Crippen molar-refractivity contribution in [2.24, 2.45) is 0 Å². The fourth-order valence-corrected chi connectivity index (χ4v) is 3.19. The second kappa shape index (κ2) is 7.92. The van der Waals surface area contributed by atoms with Gasteiger partial charge >= 0.3 is 0 Å². The Morgan fingerprint density at radius 1 is 1.12 bits per heavy atom. The molecule has 1 aliphatic heterocycles. The predicted molar refractivity (Wildman–Crippen MR) is 98.9 cm³/mol. The summed E-state index contributed by atoms with van der Waals surface area (Å²) in [5, 5.41) is 2.97. The molecule has 0 aliphatic carbocycles. The number of carbonyl (C=O) groups excluding carboxylic acids is 1. The highest BCUT2D eigenvalue weighted by atomic mass is 16.5. The minimum absolute atomic E-state index is 0.0947. The minimum atomic E-state index is -0.0947. The van der Waals surface area contributed by atoms with Gasteiger partial charge in [-0.25, -0.2) is 0 Å². The van der Waals surface area contributed by atoms with Crippen molar-refractivity contribution in [2.45, 2.75) is 12.8 Å². The molecule has 0 bridgehead atoms. The third kappa shape index (κ3) is 3.87.